The third-order valence-corrected chi connectivity index (χ3v) is 6.00. The summed E-state index contributed by atoms with van der Waals surface area (Å²) in [6, 6.07) is 13.9. The van der Waals surface area contributed by atoms with Crippen LogP contribution in [0.3, 0.4) is 0 Å². The van der Waals surface area contributed by atoms with Crippen molar-refractivity contribution in [2.45, 2.75) is 12.2 Å². The van der Waals surface area contributed by atoms with E-state index in [0.29, 0.717) is 36.5 Å². The van der Waals surface area contributed by atoms with Crippen LogP contribution >= 0.6 is 15.9 Å². The lowest BCUT2D eigenvalue weighted by molar-refractivity contribution is -0.137. The standard InChI is InChI=1S/C22H18BrF3N6/c23-14-4-1-3-13(11-14)17-12-32(10-9-27-17)18-7-6-16(22(24,25)26)20(29-18)19-15-5-2-8-28-21(15)31-30-19/h1-8,11,17,27H,9-10,12H2,(H,28,30,31). The van der Waals surface area contributed by atoms with Gasteiger partial charge in [0.25, 0.3) is 0 Å². The van der Waals surface area contributed by atoms with Crippen molar-refractivity contribution in [3.8, 4) is 11.4 Å². The molecule has 10 heteroatoms. The Morgan fingerprint density at radius 1 is 1.09 bits per heavy atom. The summed E-state index contributed by atoms with van der Waals surface area (Å²) in [5.74, 6) is 0.487. The Morgan fingerprint density at radius 2 is 1.97 bits per heavy atom. The summed E-state index contributed by atoms with van der Waals surface area (Å²) in [5.41, 5.74) is 0.667. The van der Waals surface area contributed by atoms with Crippen molar-refractivity contribution in [1.29, 1.82) is 0 Å². The van der Waals surface area contributed by atoms with Gasteiger partial charge in [0.15, 0.2) is 5.65 Å². The van der Waals surface area contributed by atoms with Gasteiger partial charge in [-0.1, -0.05) is 28.1 Å². The second kappa shape index (κ2) is 8.18. The summed E-state index contributed by atoms with van der Waals surface area (Å²) in [4.78, 5) is 10.6. The average Bonchev–Trinajstić information content (AvgIpc) is 3.22. The van der Waals surface area contributed by atoms with Crippen LogP contribution < -0.4 is 10.2 Å². The first-order valence-electron chi connectivity index (χ1n) is 10.0. The van der Waals surface area contributed by atoms with E-state index in [1.165, 1.54) is 6.07 Å². The molecule has 1 aromatic carbocycles. The molecule has 1 fully saturated rings. The molecular formula is C22H18BrF3N6. The van der Waals surface area contributed by atoms with Gasteiger partial charge in [-0.2, -0.15) is 18.3 Å². The summed E-state index contributed by atoms with van der Waals surface area (Å²) in [7, 11) is 0. The molecule has 6 nitrogen and oxygen atoms in total. The van der Waals surface area contributed by atoms with Gasteiger partial charge >= 0.3 is 6.18 Å². The van der Waals surface area contributed by atoms with E-state index < -0.39 is 11.7 Å². The predicted molar refractivity (Wildman–Crippen MR) is 119 cm³/mol. The molecule has 164 valence electrons. The largest absolute Gasteiger partial charge is 0.418 e. The number of aromatic amines is 1. The Bertz CT molecular complexity index is 1270. The van der Waals surface area contributed by atoms with Crippen LogP contribution in [0.25, 0.3) is 22.4 Å². The predicted octanol–water partition coefficient (Wildman–Crippen LogP) is 4.95. The number of nitrogens with zero attached hydrogens (tertiary/aromatic N) is 4. The van der Waals surface area contributed by atoms with Crippen LogP contribution in [-0.2, 0) is 6.18 Å². The molecule has 1 saturated heterocycles. The topological polar surface area (TPSA) is 69.7 Å². The molecule has 0 amide bonds. The average molecular weight is 503 g/mol. The number of rotatable bonds is 3. The molecule has 5 rings (SSSR count). The fourth-order valence-corrected chi connectivity index (χ4v) is 4.40. The van der Waals surface area contributed by atoms with Gasteiger partial charge < -0.3 is 10.2 Å². The molecule has 1 unspecified atom stereocenters. The fraction of sp³-hybridized carbons (Fsp3) is 0.227. The van der Waals surface area contributed by atoms with Gasteiger partial charge in [0.05, 0.1) is 11.3 Å². The number of hydrogen-bond donors (Lipinski definition) is 2. The zero-order valence-corrected chi connectivity index (χ0v) is 18.3. The number of fused-ring (bicyclic) bond motifs is 1. The Morgan fingerprint density at radius 3 is 2.78 bits per heavy atom. The summed E-state index contributed by atoms with van der Waals surface area (Å²) in [5, 5.41) is 10.7. The summed E-state index contributed by atoms with van der Waals surface area (Å²) in [6.07, 6.45) is -3.01. The van der Waals surface area contributed by atoms with Crippen LogP contribution in [0.5, 0.6) is 0 Å². The van der Waals surface area contributed by atoms with Crippen LogP contribution in [0.4, 0.5) is 19.0 Å². The number of anilines is 1. The first-order valence-corrected chi connectivity index (χ1v) is 10.8. The summed E-state index contributed by atoms with van der Waals surface area (Å²) < 4.78 is 42.4. The van der Waals surface area contributed by atoms with Crippen molar-refractivity contribution in [2.75, 3.05) is 24.5 Å². The second-order valence-electron chi connectivity index (χ2n) is 7.54. The monoisotopic (exact) mass is 502 g/mol. The van der Waals surface area contributed by atoms with E-state index in [0.717, 1.165) is 16.1 Å². The van der Waals surface area contributed by atoms with E-state index in [9.17, 15) is 13.2 Å². The second-order valence-corrected chi connectivity index (χ2v) is 8.46. The normalized spacial score (nSPS) is 17.1. The highest BCUT2D eigenvalue weighted by Crippen LogP contribution is 2.38. The molecule has 1 aliphatic rings. The van der Waals surface area contributed by atoms with Gasteiger partial charge in [-0.15, -0.1) is 0 Å². The Kier molecular flexibility index (Phi) is 5.34. The van der Waals surface area contributed by atoms with Crippen molar-refractivity contribution >= 4 is 32.8 Å². The van der Waals surface area contributed by atoms with Crippen LogP contribution in [0.2, 0.25) is 0 Å². The number of H-pyrrole nitrogens is 1. The molecule has 1 atom stereocenters. The summed E-state index contributed by atoms with van der Waals surface area (Å²) >= 11 is 3.49. The maximum atomic E-state index is 13.8. The number of hydrogen-bond acceptors (Lipinski definition) is 5. The zero-order valence-electron chi connectivity index (χ0n) is 16.7. The smallest absolute Gasteiger partial charge is 0.353 e. The molecule has 1 aliphatic heterocycles. The fourth-order valence-electron chi connectivity index (χ4n) is 3.98. The van der Waals surface area contributed by atoms with Gasteiger partial charge in [0, 0.05) is 41.7 Å². The van der Waals surface area contributed by atoms with Gasteiger partial charge in [-0.25, -0.2) is 9.97 Å². The highest BCUT2D eigenvalue weighted by atomic mass is 79.9. The molecule has 32 heavy (non-hydrogen) atoms. The maximum Gasteiger partial charge on any atom is 0.418 e. The lowest BCUT2D eigenvalue weighted by Crippen LogP contribution is -2.46. The number of aromatic nitrogens is 4. The van der Waals surface area contributed by atoms with Gasteiger partial charge in [0.2, 0.25) is 0 Å². The molecular weight excluding hydrogens is 485 g/mol. The Labute approximate surface area is 190 Å². The van der Waals surface area contributed by atoms with Crippen LogP contribution in [0.1, 0.15) is 17.2 Å². The van der Waals surface area contributed by atoms with Crippen molar-refractivity contribution in [3.05, 3.63) is 70.3 Å². The van der Waals surface area contributed by atoms with Gasteiger partial charge in [0.1, 0.15) is 11.5 Å². The minimum atomic E-state index is -4.55. The third kappa shape index (κ3) is 3.95. The lowest BCUT2D eigenvalue weighted by Gasteiger charge is -2.35. The Balaban J connectivity index is 1.55. The lowest BCUT2D eigenvalue weighted by atomic mass is 10.0. The van der Waals surface area contributed by atoms with E-state index in [1.807, 2.05) is 29.2 Å². The minimum absolute atomic E-state index is 0.0333. The Hall–Kier alpha value is -2.98. The van der Waals surface area contributed by atoms with E-state index in [1.54, 1.807) is 18.3 Å². The highest BCUT2D eigenvalue weighted by molar-refractivity contribution is 9.10. The summed E-state index contributed by atoms with van der Waals surface area (Å²) in [6.45, 7) is 1.90. The molecule has 0 bridgehead atoms. The molecule has 2 N–H and O–H groups in total. The van der Waals surface area contributed by atoms with Gasteiger partial charge in [-0.05, 0) is 42.0 Å². The van der Waals surface area contributed by atoms with E-state index in [-0.39, 0.29) is 17.4 Å². The van der Waals surface area contributed by atoms with Gasteiger partial charge in [-0.3, -0.25) is 5.10 Å². The SMILES string of the molecule is FC(F)(F)c1ccc(N2CCNC(c3cccc(Br)c3)C2)nc1-c1[nH]nc2ncccc12. The molecule has 3 aromatic heterocycles. The molecule has 4 aromatic rings. The molecule has 0 saturated carbocycles. The number of benzene rings is 1. The van der Waals surface area contributed by atoms with E-state index in [2.05, 4.69) is 41.4 Å². The number of alkyl halides is 3. The molecule has 0 aliphatic carbocycles. The van der Waals surface area contributed by atoms with Crippen molar-refractivity contribution in [1.82, 2.24) is 25.5 Å². The number of piperazine rings is 1. The third-order valence-electron chi connectivity index (χ3n) is 5.50. The van der Waals surface area contributed by atoms with Crippen LogP contribution in [0, 0.1) is 0 Å². The number of nitrogens with one attached hydrogen (secondary N) is 2. The number of pyridine rings is 2. The van der Waals surface area contributed by atoms with Crippen LogP contribution in [-0.4, -0.2) is 39.8 Å². The van der Waals surface area contributed by atoms with Crippen LogP contribution in [0.15, 0.2) is 59.2 Å². The maximum absolute atomic E-state index is 13.8. The van der Waals surface area contributed by atoms with Crippen molar-refractivity contribution in [3.63, 3.8) is 0 Å². The molecule has 0 radical (unpaired) electrons. The zero-order chi connectivity index (χ0) is 22.3. The first-order chi connectivity index (χ1) is 15.4. The minimum Gasteiger partial charge on any atom is -0.353 e. The van der Waals surface area contributed by atoms with E-state index in [4.69, 9.17) is 0 Å². The molecule has 4 heterocycles. The van der Waals surface area contributed by atoms with Crippen molar-refractivity contribution in [2.24, 2.45) is 0 Å². The number of halogens is 4. The highest BCUT2D eigenvalue weighted by Gasteiger charge is 2.36. The van der Waals surface area contributed by atoms with E-state index >= 15 is 0 Å². The quantitative estimate of drug-likeness (QED) is 0.414. The molecule has 0 spiro atoms. The van der Waals surface area contributed by atoms with Crippen molar-refractivity contribution < 1.29 is 13.2 Å². The first kappa shape index (κ1) is 20.9.